The highest BCUT2D eigenvalue weighted by Gasteiger charge is 2.11. The maximum absolute atomic E-state index is 5.59. The van der Waals surface area contributed by atoms with Crippen LogP contribution in [-0.2, 0) is 0 Å². The van der Waals surface area contributed by atoms with Crippen LogP contribution in [0.4, 0.5) is 17.2 Å². The van der Waals surface area contributed by atoms with Crippen molar-refractivity contribution in [2.45, 2.75) is 13.3 Å². The molecule has 0 unspecified atom stereocenters. The lowest BCUT2D eigenvalue weighted by atomic mass is 10.2. The van der Waals surface area contributed by atoms with Gasteiger partial charge < -0.3 is 20.1 Å². The first-order chi connectivity index (χ1) is 10.3. The second-order valence-electron chi connectivity index (χ2n) is 4.84. The summed E-state index contributed by atoms with van der Waals surface area (Å²) < 4.78 is 11.1. The molecule has 0 fully saturated rings. The van der Waals surface area contributed by atoms with Crippen molar-refractivity contribution in [1.82, 2.24) is 4.98 Å². The standard InChI is InChI=1S/C16H19N3O2/c1-2-6-17-16-11-13(5-7-18-16)19-12-3-4-14-15(10-12)21-9-8-20-14/h3-5,7,10-11H,2,6,8-9H2,1H3,(H2,17,18,19). The molecule has 0 saturated carbocycles. The molecule has 0 spiro atoms. The van der Waals surface area contributed by atoms with Gasteiger partial charge in [0.1, 0.15) is 19.0 Å². The van der Waals surface area contributed by atoms with Gasteiger partial charge in [-0.25, -0.2) is 4.98 Å². The van der Waals surface area contributed by atoms with Crippen LogP contribution < -0.4 is 20.1 Å². The Morgan fingerprint density at radius 2 is 1.86 bits per heavy atom. The van der Waals surface area contributed by atoms with Gasteiger partial charge >= 0.3 is 0 Å². The van der Waals surface area contributed by atoms with Gasteiger partial charge in [0.25, 0.3) is 0 Å². The number of aromatic nitrogens is 1. The smallest absolute Gasteiger partial charge is 0.163 e. The van der Waals surface area contributed by atoms with E-state index in [1.165, 1.54) is 0 Å². The van der Waals surface area contributed by atoms with Gasteiger partial charge in [-0.1, -0.05) is 6.92 Å². The quantitative estimate of drug-likeness (QED) is 0.881. The Balaban J connectivity index is 1.74. The van der Waals surface area contributed by atoms with Crippen LogP contribution in [0.25, 0.3) is 0 Å². The maximum Gasteiger partial charge on any atom is 0.163 e. The zero-order valence-corrected chi connectivity index (χ0v) is 12.1. The van der Waals surface area contributed by atoms with Gasteiger partial charge in [0, 0.05) is 36.2 Å². The fraction of sp³-hybridized carbons (Fsp3) is 0.312. The summed E-state index contributed by atoms with van der Waals surface area (Å²) in [6.45, 7) is 4.25. The van der Waals surface area contributed by atoms with Crippen molar-refractivity contribution in [3.8, 4) is 11.5 Å². The lowest BCUT2D eigenvalue weighted by molar-refractivity contribution is 0.171. The van der Waals surface area contributed by atoms with Crippen molar-refractivity contribution in [3.05, 3.63) is 36.5 Å². The highest BCUT2D eigenvalue weighted by Crippen LogP contribution is 2.33. The van der Waals surface area contributed by atoms with Gasteiger partial charge in [0.15, 0.2) is 11.5 Å². The second-order valence-corrected chi connectivity index (χ2v) is 4.84. The number of benzene rings is 1. The molecule has 3 rings (SSSR count). The molecule has 0 radical (unpaired) electrons. The highest BCUT2D eigenvalue weighted by molar-refractivity contribution is 5.65. The van der Waals surface area contributed by atoms with E-state index >= 15 is 0 Å². The van der Waals surface area contributed by atoms with Gasteiger partial charge in [0.05, 0.1) is 0 Å². The minimum atomic E-state index is 0.594. The van der Waals surface area contributed by atoms with E-state index < -0.39 is 0 Å². The molecule has 0 saturated heterocycles. The Bertz CT molecular complexity index is 616. The van der Waals surface area contributed by atoms with Gasteiger partial charge in [-0.15, -0.1) is 0 Å². The molecule has 2 N–H and O–H groups in total. The molecule has 2 heterocycles. The van der Waals surface area contributed by atoms with E-state index in [1.54, 1.807) is 6.20 Å². The minimum absolute atomic E-state index is 0.594. The van der Waals surface area contributed by atoms with Crippen molar-refractivity contribution in [2.24, 2.45) is 0 Å². The molecular formula is C16H19N3O2. The average molecular weight is 285 g/mol. The van der Waals surface area contributed by atoms with Crippen LogP contribution in [0.2, 0.25) is 0 Å². The number of nitrogens with zero attached hydrogens (tertiary/aromatic N) is 1. The van der Waals surface area contributed by atoms with E-state index in [-0.39, 0.29) is 0 Å². The van der Waals surface area contributed by atoms with E-state index in [0.29, 0.717) is 13.2 Å². The third-order valence-corrected chi connectivity index (χ3v) is 3.15. The van der Waals surface area contributed by atoms with Gasteiger partial charge in [-0.2, -0.15) is 0 Å². The van der Waals surface area contributed by atoms with Gasteiger partial charge in [-0.3, -0.25) is 0 Å². The molecule has 110 valence electrons. The normalized spacial score (nSPS) is 12.8. The molecule has 1 aliphatic heterocycles. The number of anilines is 3. The predicted octanol–water partition coefficient (Wildman–Crippen LogP) is 3.42. The van der Waals surface area contributed by atoms with Crippen LogP contribution >= 0.6 is 0 Å². The van der Waals surface area contributed by atoms with Crippen molar-refractivity contribution in [2.75, 3.05) is 30.4 Å². The van der Waals surface area contributed by atoms with E-state index in [2.05, 4.69) is 22.5 Å². The molecule has 0 bridgehead atoms. The molecular weight excluding hydrogens is 266 g/mol. The third kappa shape index (κ3) is 3.37. The molecule has 21 heavy (non-hydrogen) atoms. The van der Waals surface area contributed by atoms with E-state index in [0.717, 1.165) is 41.7 Å². The van der Waals surface area contributed by atoms with Crippen molar-refractivity contribution in [1.29, 1.82) is 0 Å². The first-order valence-electron chi connectivity index (χ1n) is 7.22. The summed E-state index contributed by atoms with van der Waals surface area (Å²) in [4.78, 5) is 4.29. The van der Waals surface area contributed by atoms with Crippen LogP contribution in [0.1, 0.15) is 13.3 Å². The van der Waals surface area contributed by atoms with Crippen LogP contribution in [0, 0.1) is 0 Å². The minimum Gasteiger partial charge on any atom is -0.486 e. The Morgan fingerprint density at radius 1 is 1.05 bits per heavy atom. The third-order valence-electron chi connectivity index (χ3n) is 3.15. The molecule has 1 aliphatic rings. The zero-order valence-electron chi connectivity index (χ0n) is 12.1. The first kappa shape index (κ1) is 13.5. The number of fused-ring (bicyclic) bond motifs is 1. The maximum atomic E-state index is 5.59. The molecule has 0 atom stereocenters. The Kier molecular flexibility index (Phi) is 4.09. The van der Waals surface area contributed by atoms with E-state index in [4.69, 9.17) is 9.47 Å². The number of hydrogen-bond donors (Lipinski definition) is 2. The molecule has 5 nitrogen and oxygen atoms in total. The molecule has 2 aromatic rings. The number of pyridine rings is 1. The molecule has 5 heteroatoms. The Hall–Kier alpha value is -2.43. The lowest BCUT2D eigenvalue weighted by Crippen LogP contribution is -2.15. The predicted molar refractivity (Wildman–Crippen MR) is 83.7 cm³/mol. The second kappa shape index (κ2) is 6.35. The SMILES string of the molecule is CCCNc1cc(Nc2ccc3c(c2)OCCO3)ccn1. The van der Waals surface area contributed by atoms with Crippen molar-refractivity contribution < 1.29 is 9.47 Å². The summed E-state index contributed by atoms with van der Waals surface area (Å²) in [5, 5.41) is 6.63. The van der Waals surface area contributed by atoms with Crippen LogP contribution in [-0.4, -0.2) is 24.7 Å². The van der Waals surface area contributed by atoms with Crippen molar-refractivity contribution in [3.63, 3.8) is 0 Å². The fourth-order valence-electron chi connectivity index (χ4n) is 2.15. The van der Waals surface area contributed by atoms with Crippen LogP contribution in [0.15, 0.2) is 36.5 Å². The first-order valence-corrected chi connectivity index (χ1v) is 7.22. The van der Waals surface area contributed by atoms with Crippen molar-refractivity contribution >= 4 is 17.2 Å². The van der Waals surface area contributed by atoms with Crippen LogP contribution in [0.3, 0.4) is 0 Å². The molecule has 1 aromatic carbocycles. The number of hydrogen-bond acceptors (Lipinski definition) is 5. The topological polar surface area (TPSA) is 55.4 Å². The lowest BCUT2D eigenvalue weighted by Gasteiger charge is -2.19. The highest BCUT2D eigenvalue weighted by atomic mass is 16.6. The summed E-state index contributed by atoms with van der Waals surface area (Å²) in [7, 11) is 0. The van der Waals surface area contributed by atoms with Crippen LogP contribution in [0.5, 0.6) is 11.5 Å². The van der Waals surface area contributed by atoms with Gasteiger partial charge in [0.2, 0.25) is 0 Å². The summed E-state index contributed by atoms with van der Waals surface area (Å²) in [6, 6.07) is 9.79. The monoisotopic (exact) mass is 285 g/mol. The number of nitrogens with one attached hydrogen (secondary N) is 2. The average Bonchev–Trinajstić information content (AvgIpc) is 2.53. The molecule has 1 aromatic heterocycles. The zero-order chi connectivity index (χ0) is 14.5. The Labute approximate surface area is 124 Å². The summed E-state index contributed by atoms with van der Waals surface area (Å²) in [5.74, 6) is 2.45. The molecule has 0 amide bonds. The van der Waals surface area contributed by atoms with E-state index in [9.17, 15) is 0 Å². The summed E-state index contributed by atoms with van der Waals surface area (Å²) in [5.41, 5.74) is 1.95. The Morgan fingerprint density at radius 3 is 2.71 bits per heavy atom. The number of ether oxygens (including phenoxy) is 2. The van der Waals surface area contributed by atoms with Gasteiger partial charge in [-0.05, 0) is 24.6 Å². The summed E-state index contributed by atoms with van der Waals surface area (Å²) >= 11 is 0. The number of rotatable bonds is 5. The summed E-state index contributed by atoms with van der Waals surface area (Å²) in [6.07, 6.45) is 2.86. The van der Waals surface area contributed by atoms with E-state index in [1.807, 2.05) is 30.3 Å². The fourth-order valence-corrected chi connectivity index (χ4v) is 2.15. The largest absolute Gasteiger partial charge is 0.486 e. The molecule has 0 aliphatic carbocycles.